The molecule has 2 aliphatic heterocycles. The Morgan fingerprint density at radius 3 is 2.43 bits per heavy atom. The van der Waals surface area contributed by atoms with Crippen LogP contribution in [-0.2, 0) is 4.79 Å². The van der Waals surface area contributed by atoms with Crippen molar-refractivity contribution in [1.82, 2.24) is 19.8 Å². The summed E-state index contributed by atoms with van der Waals surface area (Å²) in [5.74, 6) is 1.11. The molecular weight excluding hydrogens is 335 g/mol. The average molecular weight is 363 g/mol. The number of hydrogen-bond donors (Lipinski definition) is 1. The van der Waals surface area contributed by atoms with Crippen molar-refractivity contribution in [3.8, 4) is 0 Å². The number of nitrogens with one attached hydrogen (secondary N) is 1. The fourth-order valence-electron chi connectivity index (χ4n) is 3.55. The van der Waals surface area contributed by atoms with E-state index in [4.69, 9.17) is 0 Å². The van der Waals surface area contributed by atoms with Crippen LogP contribution in [0.25, 0.3) is 0 Å². The second kappa shape index (κ2) is 10.2. The molecule has 2 saturated heterocycles. The minimum atomic E-state index is 0. The predicted molar refractivity (Wildman–Crippen MR) is 96.4 cm³/mol. The summed E-state index contributed by atoms with van der Waals surface area (Å²) >= 11 is 0. The minimum Gasteiger partial charge on any atom is -0.343 e. The van der Waals surface area contributed by atoms with Gasteiger partial charge in [-0.2, -0.15) is 0 Å². The van der Waals surface area contributed by atoms with Crippen LogP contribution in [0.4, 0.5) is 0 Å². The monoisotopic (exact) mass is 362 g/mol. The predicted octanol–water partition coefficient (Wildman–Crippen LogP) is 2.67. The van der Waals surface area contributed by atoms with Gasteiger partial charge in [0.05, 0.1) is 6.33 Å². The highest BCUT2D eigenvalue weighted by Crippen LogP contribution is 2.24. The van der Waals surface area contributed by atoms with Gasteiger partial charge in [0.2, 0.25) is 5.91 Å². The largest absolute Gasteiger partial charge is 0.343 e. The number of imidazole rings is 1. The molecule has 1 aromatic rings. The van der Waals surface area contributed by atoms with Gasteiger partial charge in [-0.3, -0.25) is 4.79 Å². The second-order valence-corrected chi connectivity index (χ2v) is 6.35. The molecule has 3 rings (SSSR count). The van der Waals surface area contributed by atoms with E-state index >= 15 is 0 Å². The molecule has 1 N–H and O–H groups in total. The number of piperidine rings is 2. The van der Waals surface area contributed by atoms with Gasteiger partial charge in [-0.1, -0.05) is 0 Å². The summed E-state index contributed by atoms with van der Waals surface area (Å²) in [6.45, 7) is 4.03. The summed E-state index contributed by atoms with van der Waals surface area (Å²) in [5, 5.41) is 3.38. The zero-order valence-electron chi connectivity index (χ0n) is 13.5. The number of amides is 1. The van der Waals surface area contributed by atoms with Crippen molar-refractivity contribution >= 4 is 30.7 Å². The third kappa shape index (κ3) is 5.66. The molecule has 1 amide bonds. The molecule has 1 aromatic heterocycles. The van der Waals surface area contributed by atoms with Gasteiger partial charge < -0.3 is 14.8 Å². The molecule has 2 aliphatic rings. The maximum atomic E-state index is 12.3. The number of carbonyl (C=O) groups is 1. The summed E-state index contributed by atoms with van der Waals surface area (Å²) in [6, 6.07) is 0.515. The molecule has 0 aliphatic carbocycles. The van der Waals surface area contributed by atoms with E-state index in [2.05, 4.69) is 19.8 Å². The Bertz CT molecular complexity index is 441. The van der Waals surface area contributed by atoms with E-state index in [1.807, 2.05) is 18.7 Å². The smallest absolute Gasteiger partial charge is 0.222 e. The summed E-state index contributed by atoms with van der Waals surface area (Å²) in [7, 11) is 0. The summed E-state index contributed by atoms with van der Waals surface area (Å²) in [6.07, 6.45) is 12.1. The highest BCUT2D eigenvalue weighted by Gasteiger charge is 2.24. The Labute approximate surface area is 151 Å². The van der Waals surface area contributed by atoms with Crippen LogP contribution in [0.1, 0.15) is 44.6 Å². The number of carbonyl (C=O) groups excluding carboxylic acids is 1. The molecule has 0 saturated carbocycles. The van der Waals surface area contributed by atoms with Crippen molar-refractivity contribution in [2.24, 2.45) is 5.92 Å². The van der Waals surface area contributed by atoms with Crippen molar-refractivity contribution in [2.45, 2.75) is 44.6 Å². The first kappa shape index (κ1) is 20.3. The van der Waals surface area contributed by atoms with Crippen LogP contribution in [0.15, 0.2) is 18.7 Å². The first-order valence-electron chi connectivity index (χ1n) is 8.29. The zero-order chi connectivity index (χ0) is 14.5. The summed E-state index contributed by atoms with van der Waals surface area (Å²) in [4.78, 5) is 18.5. The third-order valence-electron chi connectivity index (χ3n) is 4.99. The van der Waals surface area contributed by atoms with Crippen LogP contribution in [0.3, 0.4) is 0 Å². The van der Waals surface area contributed by atoms with Crippen LogP contribution in [0.2, 0.25) is 0 Å². The highest BCUT2D eigenvalue weighted by atomic mass is 35.5. The van der Waals surface area contributed by atoms with E-state index in [1.165, 1.54) is 12.8 Å². The standard InChI is InChI=1S/C16H26N4O.2ClH/c21-16(2-1-14-3-7-17-8-4-14)19-10-5-15(6-11-19)20-12-9-18-13-20;;/h9,12-15,17H,1-8,10-11H2;2*1H. The van der Waals surface area contributed by atoms with Gasteiger partial charge in [0, 0.05) is 37.9 Å². The van der Waals surface area contributed by atoms with Gasteiger partial charge in [0.1, 0.15) is 0 Å². The van der Waals surface area contributed by atoms with Crippen LogP contribution in [0.5, 0.6) is 0 Å². The fourth-order valence-corrected chi connectivity index (χ4v) is 3.55. The second-order valence-electron chi connectivity index (χ2n) is 6.35. The van der Waals surface area contributed by atoms with Crippen molar-refractivity contribution in [2.75, 3.05) is 26.2 Å². The molecule has 0 bridgehead atoms. The first-order valence-corrected chi connectivity index (χ1v) is 8.29. The molecule has 0 spiro atoms. The molecule has 3 heterocycles. The Kier molecular flexibility index (Phi) is 8.95. The Morgan fingerprint density at radius 1 is 1.13 bits per heavy atom. The van der Waals surface area contributed by atoms with Gasteiger partial charge >= 0.3 is 0 Å². The van der Waals surface area contributed by atoms with Crippen molar-refractivity contribution in [1.29, 1.82) is 0 Å². The molecule has 5 nitrogen and oxygen atoms in total. The van der Waals surface area contributed by atoms with E-state index in [9.17, 15) is 4.79 Å². The number of rotatable bonds is 4. The Hall–Kier alpha value is -0.780. The maximum absolute atomic E-state index is 12.3. The SMILES string of the molecule is Cl.Cl.O=C(CCC1CCNCC1)N1CCC(n2ccnc2)CC1. The molecular formula is C16H28Cl2N4O. The lowest BCUT2D eigenvalue weighted by atomic mass is 9.93. The minimum absolute atomic E-state index is 0. The number of likely N-dealkylation sites (tertiary alicyclic amines) is 1. The van der Waals surface area contributed by atoms with Crippen LogP contribution >= 0.6 is 24.8 Å². The molecule has 0 unspecified atom stereocenters. The third-order valence-corrected chi connectivity index (χ3v) is 4.99. The topological polar surface area (TPSA) is 50.2 Å². The Morgan fingerprint density at radius 2 is 1.83 bits per heavy atom. The van der Waals surface area contributed by atoms with Gasteiger partial charge in [-0.05, 0) is 51.1 Å². The van der Waals surface area contributed by atoms with Crippen LogP contribution < -0.4 is 5.32 Å². The normalized spacial score (nSPS) is 19.7. The van der Waals surface area contributed by atoms with E-state index < -0.39 is 0 Å². The Balaban J connectivity index is 0.00000132. The maximum Gasteiger partial charge on any atom is 0.222 e. The molecule has 2 fully saturated rings. The quantitative estimate of drug-likeness (QED) is 0.895. The van der Waals surface area contributed by atoms with Crippen molar-refractivity contribution in [3.05, 3.63) is 18.7 Å². The summed E-state index contributed by atoms with van der Waals surface area (Å²) < 4.78 is 2.18. The van der Waals surface area contributed by atoms with Gasteiger partial charge in [0.15, 0.2) is 0 Å². The van der Waals surface area contributed by atoms with Gasteiger partial charge in [-0.15, -0.1) is 24.8 Å². The summed E-state index contributed by atoms with van der Waals surface area (Å²) in [5.41, 5.74) is 0. The molecule has 0 aromatic carbocycles. The van der Waals surface area contributed by atoms with Gasteiger partial charge in [-0.25, -0.2) is 4.98 Å². The highest BCUT2D eigenvalue weighted by molar-refractivity contribution is 5.85. The fraction of sp³-hybridized carbons (Fsp3) is 0.750. The van der Waals surface area contributed by atoms with E-state index in [-0.39, 0.29) is 24.8 Å². The number of aromatic nitrogens is 2. The zero-order valence-corrected chi connectivity index (χ0v) is 15.2. The lowest BCUT2D eigenvalue weighted by Gasteiger charge is -2.33. The lowest BCUT2D eigenvalue weighted by Crippen LogP contribution is -2.39. The average Bonchev–Trinajstić information content (AvgIpc) is 3.08. The first-order chi connectivity index (χ1) is 10.3. The molecule has 132 valence electrons. The number of halogens is 2. The van der Waals surface area contributed by atoms with Gasteiger partial charge in [0.25, 0.3) is 0 Å². The molecule has 7 heteroatoms. The van der Waals surface area contributed by atoms with Crippen molar-refractivity contribution < 1.29 is 4.79 Å². The van der Waals surface area contributed by atoms with Crippen LogP contribution in [0, 0.1) is 5.92 Å². The lowest BCUT2D eigenvalue weighted by molar-refractivity contribution is -0.132. The molecule has 23 heavy (non-hydrogen) atoms. The molecule has 0 atom stereocenters. The van der Waals surface area contributed by atoms with Crippen LogP contribution in [-0.4, -0.2) is 46.5 Å². The number of hydrogen-bond acceptors (Lipinski definition) is 3. The van der Waals surface area contributed by atoms with Crippen molar-refractivity contribution in [3.63, 3.8) is 0 Å². The van der Waals surface area contributed by atoms with E-state index in [1.54, 1.807) is 0 Å². The number of nitrogens with zero attached hydrogens (tertiary/aromatic N) is 3. The van der Waals surface area contributed by atoms with E-state index in [0.717, 1.165) is 57.8 Å². The molecule has 0 radical (unpaired) electrons. The van der Waals surface area contributed by atoms with E-state index in [0.29, 0.717) is 11.9 Å².